The Labute approximate surface area is 251 Å². The summed E-state index contributed by atoms with van der Waals surface area (Å²) in [5.41, 5.74) is 2.25. The lowest BCUT2D eigenvalue weighted by atomic mass is 9.67. The van der Waals surface area contributed by atoms with Gasteiger partial charge in [0, 0.05) is 55.9 Å². The standard InChI is InChI=1S/C13H25N.2C12H23N/c1-4-12-9-13(7-5-6-8-13)10-14(12)11(2)3;1-10(2)13-9-12(8-11(13)3)6-4-5-7-12;1-4-11-8-12(6-5-7-12)9-13(11)10(2)3/h11-12H,4-10H2,1-3H3;2*10-11H,4-9H2,1-3H3. The molecule has 0 radical (unpaired) electrons. The third kappa shape index (κ3) is 7.32. The van der Waals surface area contributed by atoms with Gasteiger partial charge in [0.25, 0.3) is 0 Å². The molecule has 3 nitrogen and oxygen atoms in total. The zero-order valence-electron chi connectivity index (χ0n) is 28.7. The number of nitrogens with zero attached hydrogens (tertiary/aromatic N) is 3. The first-order valence-corrected chi connectivity index (χ1v) is 18.2. The van der Waals surface area contributed by atoms with E-state index in [1.165, 1.54) is 122 Å². The van der Waals surface area contributed by atoms with Crippen LogP contribution in [0.15, 0.2) is 0 Å². The third-order valence-electron chi connectivity index (χ3n) is 12.8. The molecule has 3 atom stereocenters. The minimum Gasteiger partial charge on any atom is -0.298 e. The Morgan fingerprint density at radius 2 is 0.825 bits per heavy atom. The Bertz CT molecular complexity index is 755. The summed E-state index contributed by atoms with van der Waals surface area (Å²) >= 11 is 0. The molecular formula is C37H71N3. The zero-order chi connectivity index (χ0) is 29.1. The van der Waals surface area contributed by atoms with Gasteiger partial charge in [0.1, 0.15) is 0 Å². The second-order valence-corrected chi connectivity index (χ2v) is 16.7. The number of likely N-dealkylation sites (tertiary alicyclic amines) is 3. The summed E-state index contributed by atoms with van der Waals surface area (Å²) in [5.74, 6) is 0. The molecule has 0 aromatic rings. The number of hydrogen-bond acceptors (Lipinski definition) is 3. The van der Waals surface area contributed by atoms with Crippen molar-refractivity contribution in [3.63, 3.8) is 0 Å². The summed E-state index contributed by atoms with van der Waals surface area (Å²) in [6, 6.07) is 4.85. The van der Waals surface area contributed by atoms with Crippen LogP contribution in [0.3, 0.4) is 0 Å². The Kier molecular flexibility index (Phi) is 11.2. The topological polar surface area (TPSA) is 9.72 Å². The highest BCUT2D eigenvalue weighted by molar-refractivity contribution is 5.01. The van der Waals surface area contributed by atoms with Crippen LogP contribution in [0, 0.1) is 16.2 Å². The first-order chi connectivity index (χ1) is 19.0. The SMILES string of the molecule is CC(C)N1CC2(CCCC2)CC1C.CCC1CC2(CCC2)CN1C(C)C.CCC1CC2(CCCC2)CN1C(C)C. The highest BCUT2D eigenvalue weighted by Gasteiger charge is 2.48. The molecule has 0 aromatic carbocycles. The number of hydrogen-bond donors (Lipinski definition) is 0. The largest absolute Gasteiger partial charge is 0.298 e. The van der Waals surface area contributed by atoms with Gasteiger partial charge < -0.3 is 0 Å². The molecule has 6 aliphatic rings. The lowest BCUT2D eigenvalue weighted by Crippen LogP contribution is -2.37. The highest BCUT2D eigenvalue weighted by atomic mass is 15.2. The average Bonchev–Trinajstić information content (AvgIpc) is 3.71. The van der Waals surface area contributed by atoms with Gasteiger partial charge in [0.2, 0.25) is 0 Å². The molecule has 3 heteroatoms. The minimum atomic E-state index is 0.740. The van der Waals surface area contributed by atoms with Crippen molar-refractivity contribution in [2.45, 2.75) is 201 Å². The van der Waals surface area contributed by atoms with E-state index in [0.29, 0.717) is 0 Å². The van der Waals surface area contributed by atoms with E-state index in [-0.39, 0.29) is 0 Å². The lowest BCUT2D eigenvalue weighted by Gasteiger charge is -2.38. The molecule has 6 rings (SSSR count). The van der Waals surface area contributed by atoms with Crippen LogP contribution in [0.5, 0.6) is 0 Å². The molecule has 3 saturated carbocycles. The van der Waals surface area contributed by atoms with Crippen molar-refractivity contribution in [2.24, 2.45) is 16.2 Å². The van der Waals surface area contributed by atoms with E-state index in [4.69, 9.17) is 0 Å². The minimum absolute atomic E-state index is 0.740. The summed E-state index contributed by atoms with van der Waals surface area (Å²) in [6.07, 6.45) is 23.6. The van der Waals surface area contributed by atoms with Gasteiger partial charge in [-0.15, -0.1) is 0 Å². The maximum atomic E-state index is 2.76. The van der Waals surface area contributed by atoms with Crippen molar-refractivity contribution in [3.8, 4) is 0 Å². The molecule has 3 aliphatic heterocycles. The van der Waals surface area contributed by atoms with Gasteiger partial charge in [-0.2, -0.15) is 0 Å². The molecular weight excluding hydrogens is 486 g/mol. The molecule has 234 valence electrons. The maximum Gasteiger partial charge on any atom is 0.0101 e. The maximum absolute atomic E-state index is 2.76. The van der Waals surface area contributed by atoms with Crippen LogP contribution in [-0.4, -0.2) is 70.6 Å². The second kappa shape index (κ2) is 13.7. The monoisotopic (exact) mass is 558 g/mol. The zero-order valence-corrected chi connectivity index (χ0v) is 28.7. The fourth-order valence-electron chi connectivity index (χ4n) is 10.4. The van der Waals surface area contributed by atoms with Gasteiger partial charge in [0.15, 0.2) is 0 Å². The fourth-order valence-corrected chi connectivity index (χ4v) is 10.4. The van der Waals surface area contributed by atoms with Crippen LogP contribution < -0.4 is 0 Å². The molecule has 0 aromatic heterocycles. The molecule has 40 heavy (non-hydrogen) atoms. The molecule has 0 amide bonds. The highest BCUT2D eigenvalue weighted by Crippen LogP contribution is 2.52. The van der Waals surface area contributed by atoms with E-state index >= 15 is 0 Å². The van der Waals surface area contributed by atoms with Gasteiger partial charge in [-0.05, 0) is 135 Å². The first kappa shape index (κ1) is 32.8. The summed E-state index contributed by atoms with van der Waals surface area (Å²) in [4.78, 5) is 8.19. The van der Waals surface area contributed by atoms with E-state index in [0.717, 1.165) is 52.5 Å². The van der Waals surface area contributed by atoms with Crippen molar-refractivity contribution in [1.82, 2.24) is 14.7 Å². The van der Waals surface area contributed by atoms with Gasteiger partial charge in [0.05, 0.1) is 0 Å². The molecule has 0 bridgehead atoms. The smallest absolute Gasteiger partial charge is 0.0101 e. The van der Waals surface area contributed by atoms with Crippen molar-refractivity contribution < 1.29 is 0 Å². The first-order valence-electron chi connectivity index (χ1n) is 18.2. The number of rotatable bonds is 5. The van der Waals surface area contributed by atoms with Crippen LogP contribution in [0.1, 0.15) is 165 Å². The second-order valence-electron chi connectivity index (χ2n) is 16.7. The molecule has 3 unspecified atom stereocenters. The fraction of sp³-hybridized carbons (Fsp3) is 1.00. The van der Waals surface area contributed by atoms with E-state index < -0.39 is 0 Å². The molecule has 3 spiro atoms. The lowest BCUT2D eigenvalue weighted by molar-refractivity contribution is 0.127. The van der Waals surface area contributed by atoms with Crippen molar-refractivity contribution >= 4 is 0 Å². The van der Waals surface area contributed by atoms with Crippen LogP contribution in [0.2, 0.25) is 0 Å². The predicted molar refractivity (Wildman–Crippen MR) is 175 cm³/mol. The van der Waals surface area contributed by atoms with E-state index in [2.05, 4.69) is 77.0 Å². The molecule has 0 N–H and O–H groups in total. The molecule has 3 heterocycles. The summed E-state index contributed by atoms with van der Waals surface area (Å²) in [7, 11) is 0. The average molecular weight is 558 g/mol. The van der Waals surface area contributed by atoms with Gasteiger partial charge in [-0.25, -0.2) is 0 Å². The van der Waals surface area contributed by atoms with Crippen LogP contribution in [0.4, 0.5) is 0 Å². The van der Waals surface area contributed by atoms with Gasteiger partial charge in [-0.3, -0.25) is 14.7 Å². The van der Waals surface area contributed by atoms with Gasteiger partial charge >= 0.3 is 0 Å². The quantitative estimate of drug-likeness (QED) is 0.333. The van der Waals surface area contributed by atoms with E-state index in [1.54, 1.807) is 0 Å². The van der Waals surface area contributed by atoms with Crippen molar-refractivity contribution in [2.75, 3.05) is 19.6 Å². The van der Waals surface area contributed by atoms with Crippen LogP contribution >= 0.6 is 0 Å². The normalized spacial score (nSPS) is 32.9. The van der Waals surface area contributed by atoms with Gasteiger partial charge in [-0.1, -0.05) is 46.0 Å². The Morgan fingerprint density at radius 1 is 0.500 bits per heavy atom. The third-order valence-corrected chi connectivity index (χ3v) is 12.8. The van der Waals surface area contributed by atoms with Crippen LogP contribution in [0.25, 0.3) is 0 Å². The molecule has 3 aliphatic carbocycles. The Morgan fingerprint density at radius 3 is 1.07 bits per heavy atom. The van der Waals surface area contributed by atoms with Crippen molar-refractivity contribution in [1.29, 1.82) is 0 Å². The Hall–Kier alpha value is -0.120. The van der Waals surface area contributed by atoms with E-state index in [1.807, 2.05) is 0 Å². The van der Waals surface area contributed by atoms with E-state index in [9.17, 15) is 0 Å². The Balaban J connectivity index is 0.000000139. The molecule has 3 saturated heterocycles. The molecule has 6 fully saturated rings. The summed E-state index contributed by atoms with van der Waals surface area (Å²) < 4.78 is 0. The predicted octanol–water partition coefficient (Wildman–Crippen LogP) is 9.54. The summed E-state index contributed by atoms with van der Waals surface area (Å²) in [5, 5.41) is 0. The van der Waals surface area contributed by atoms with Crippen molar-refractivity contribution in [3.05, 3.63) is 0 Å². The summed E-state index contributed by atoms with van der Waals surface area (Å²) in [6.45, 7) is 25.4. The van der Waals surface area contributed by atoms with Crippen LogP contribution in [-0.2, 0) is 0 Å².